The van der Waals surface area contributed by atoms with E-state index >= 15 is 0 Å². The molecule has 5 nitrogen and oxygen atoms in total. The molecule has 0 aromatic heterocycles. The Labute approximate surface area is 88.1 Å². The molecule has 0 radical (unpaired) electrons. The van der Waals surface area contributed by atoms with E-state index in [1.54, 1.807) is 25.1 Å². The Kier molecular flexibility index (Phi) is 3.68. The van der Waals surface area contributed by atoms with Gasteiger partial charge in [-0.05, 0) is 18.7 Å². The van der Waals surface area contributed by atoms with Gasteiger partial charge in [-0.2, -0.15) is 8.42 Å². The quantitative estimate of drug-likeness (QED) is 0.544. The second kappa shape index (κ2) is 4.79. The van der Waals surface area contributed by atoms with Crippen LogP contribution < -0.4 is 5.11 Å². The summed E-state index contributed by atoms with van der Waals surface area (Å²) >= 11 is 0. The summed E-state index contributed by atoms with van der Waals surface area (Å²) in [6, 6.07) is 7.49. The highest BCUT2D eigenvalue weighted by Gasteiger charge is 2.10. The average Bonchev–Trinajstić information content (AvgIpc) is 2.18. The van der Waals surface area contributed by atoms with E-state index in [0.29, 0.717) is 0 Å². The van der Waals surface area contributed by atoms with Gasteiger partial charge in [-0.3, -0.25) is 0 Å². The van der Waals surface area contributed by atoms with Gasteiger partial charge in [0.05, 0.1) is 4.90 Å². The first-order chi connectivity index (χ1) is 7.06. The van der Waals surface area contributed by atoms with Gasteiger partial charge < -0.3 is 9.84 Å². The first-order valence-corrected chi connectivity index (χ1v) is 5.70. The van der Waals surface area contributed by atoms with Gasteiger partial charge in [-0.15, -0.1) is 4.40 Å². The van der Waals surface area contributed by atoms with E-state index < -0.39 is 16.1 Å². The second-order valence-electron chi connectivity index (χ2n) is 2.58. The van der Waals surface area contributed by atoms with E-state index in [2.05, 4.69) is 9.13 Å². The number of ether oxygens (including phenoxy) is 1. The van der Waals surface area contributed by atoms with Crippen molar-refractivity contribution >= 4 is 16.1 Å². The van der Waals surface area contributed by atoms with Crippen molar-refractivity contribution in [3.8, 4) is 0 Å². The number of benzene rings is 1. The lowest BCUT2D eigenvalue weighted by Gasteiger charge is -2.10. The van der Waals surface area contributed by atoms with Crippen LogP contribution in [0.2, 0.25) is 0 Å². The third kappa shape index (κ3) is 3.25. The van der Waals surface area contributed by atoms with Crippen molar-refractivity contribution in [1.29, 1.82) is 0 Å². The van der Waals surface area contributed by atoms with Crippen LogP contribution in [-0.4, -0.2) is 21.1 Å². The molecule has 1 rings (SSSR count). The maximum absolute atomic E-state index is 11.4. The van der Waals surface area contributed by atoms with Crippen molar-refractivity contribution in [2.75, 3.05) is 6.61 Å². The molecule has 0 aliphatic heterocycles. The molecule has 0 saturated carbocycles. The zero-order valence-electron chi connectivity index (χ0n) is 8.08. The molecule has 0 fully saturated rings. The summed E-state index contributed by atoms with van der Waals surface area (Å²) in [4.78, 5) is -0.0296. The minimum Gasteiger partial charge on any atom is -0.600 e. The number of hydrogen-bond acceptors (Lipinski definition) is 4. The maximum atomic E-state index is 11.4. The molecule has 6 heteroatoms. The normalized spacial score (nSPS) is 12.5. The summed E-state index contributed by atoms with van der Waals surface area (Å²) in [5, 5.41) is 10.9. The number of hydrogen-bond donors (Lipinski definition) is 0. The van der Waals surface area contributed by atoms with Crippen LogP contribution in [0.3, 0.4) is 0 Å². The topological polar surface area (TPSA) is 78.8 Å². The van der Waals surface area contributed by atoms with Crippen molar-refractivity contribution in [2.24, 2.45) is 4.40 Å². The number of nitrogens with zero attached hydrogens (tertiary/aromatic N) is 1. The van der Waals surface area contributed by atoms with Crippen molar-refractivity contribution in [1.82, 2.24) is 0 Å². The Morgan fingerprint density at radius 3 is 2.53 bits per heavy atom. The van der Waals surface area contributed by atoms with Gasteiger partial charge in [-0.25, -0.2) is 0 Å². The van der Waals surface area contributed by atoms with Crippen LogP contribution in [0.5, 0.6) is 0 Å². The zero-order valence-corrected chi connectivity index (χ0v) is 8.90. The van der Waals surface area contributed by atoms with Gasteiger partial charge in [0.25, 0.3) is 10.0 Å². The Hall–Kier alpha value is -1.56. The largest absolute Gasteiger partial charge is 0.600 e. The number of rotatable bonds is 3. The van der Waals surface area contributed by atoms with E-state index in [1.165, 1.54) is 12.1 Å². The monoisotopic (exact) mass is 228 g/mol. The highest BCUT2D eigenvalue weighted by Crippen LogP contribution is 2.10. The molecule has 15 heavy (non-hydrogen) atoms. The fraction of sp³-hybridized carbons (Fsp3) is 0.222. The summed E-state index contributed by atoms with van der Waals surface area (Å²) in [5.41, 5.74) is 0. The predicted molar refractivity (Wildman–Crippen MR) is 52.7 cm³/mol. The number of sulfonamides is 1. The predicted octanol–water partition coefficient (Wildman–Crippen LogP) is 0.128. The minimum atomic E-state index is -3.93. The molecular formula is C9H10NO4S-. The lowest BCUT2D eigenvalue weighted by molar-refractivity contribution is -0.249. The molecule has 0 spiro atoms. The molecule has 0 saturated heterocycles. The Bertz CT molecular complexity index is 438. The Morgan fingerprint density at radius 2 is 2.00 bits per heavy atom. The zero-order chi connectivity index (χ0) is 11.3. The van der Waals surface area contributed by atoms with Crippen molar-refractivity contribution in [3.63, 3.8) is 0 Å². The first-order valence-electron chi connectivity index (χ1n) is 4.26. The fourth-order valence-corrected chi connectivity index (χ4v) is 1.75. The fourth-order valence-electron chi connectivity index (χ4n) is 0.893. The van der Waals surface area contributed by atoms with Gasteiger partial charge in [0.1, 0.15) is 0 Å². The van der Waals surface area contributed by atoms with Crippen molar-refractivity contribution in [2.45, 2.75) is 11.8 Å². The van der Waals surface area contributed by atoms with Crippen LogP contribution in [0.1, 0.15) is 6.92 Å². The van der Waals surface area contributed by atoms with E-state index in [-0.39, 0.29) is 11.5 Å². The standard InChI is InChI=1S/C9H11NO4S/c1-2-14-9(11)10-15(12,13)8-6-4-3-5-7-8/h3-7H,2H2,1H3,(H,10,11)/p-1. The van der Waals surface area contributed by atoms with Crippen LogP contribution in [0.15, 0.2) is 39.6 Å². The molecule has 0 atom stereocenters. The SMILES string of the molecule is CCOC([O-])=NS(=O)(=O)c1ccccc1. The highest BCUT2D eigenvalue weighted by atomic mass is 32.2. The first kappa shape index (κ1) is 11.5. The summed E-state index contributed by atoms with van der Waals surface area (Å²) in [6.45, 7) is 1.66. The van der Waals surface area contributed by atoms with Gasteiger partial charge in [0.2, 0.25) is 0 Å². The summed E-state index contributed by atoms with van der Waals surface area (Å²) < 4.78 is 30.3. The molecule has 0 heterocycles. The van der Waals surface area contributed by atoms with Crippen molar-refractivity contribution < 1.29 is 18.3 Å². The highest BCUT2D eigenvalue weighted by molar-refractivity contribution is 7.90. The van der Waals surface area contributed by atoms with Gasteiger partial charge in [0, 0.05) is 0 Å². The lowest BCUT2D eigenvalue weighted by atomic mass is 10.4. The van der Waals surface area contributed by atoms with E-state index in [0.717, 1.165) is 0 Å². The van der Waals surface area contributed by atoms with Crippen LogP contribution in [0.25, 0.3) is 0 Å². The van der Waals surface area contributed by atoms with Crippen LogP contribution in [-0.2, 0) is 14.8 Å². The van der Waals surface area contributed by atoms with Crippen molar-refractivity contribution in [3.05, 3.63) is 30.3 Å². The van der Waals surface area contributed by atoms with Crippen LogP contribution in [0, 0.1) is 0 Å². The summed E-state index contributed by atoms with van der Waals surface area (Å²) in [7, 11) is -3.93. The lowest BCUT2D eigenvalue weighted by Crippen LogP contribution is -2.22. The molecule has 0 N–H and O–H groups in total. The summed E-state index contributed by atoms with van der Waals surface area (Å²) in [6.07, 6.45) is -1.10. The molecule has 0 aliphatic rings. The van der Waals surface area contributed by atoms with E-state index in [4.69, 9.17) is 0 Å². The molecular weight excluding hydrogens is 218 g/mol. The Morgan fingerprint density at radius 1 is 1.40 bits per heavy atom. The molecule has 0 bridgehead atoms. The third-order valence-electron chi connectivity index (χ3n) is 1.50. The van der Waals surface area contributed by atoms with Gasteiger partial charge in [0.15, 0.2) is 6.08 Å². The van der Waals surface area contributed by atoms with E-state index in [1.807, 2.05) is 0 Å². The Balaban J connectivity index is 3.00. The molecule has 82 valence electrons. The van der Waals surface area contributed by atoms with Crippen LogP contribution >= 0.6 is 0 Å². The van der Waals surface area contributed by atoms with Gasteiger partial charge >= 0.3 is 0 Å². The van der Waals surface area contributed by atoms with E-state index in [9.17, 15) is 13.5 Å². The van der Waals surface area contributed by atoms with Crippen LogP contribution in [0.4, 0.5) is 0 Å². The summed E-state index contributed by atoms with van der Waals surface area (Å²) in [5.74, 6) is 0. The molecule has 0 amide bonds. The maximum Gasteiger partial charge on any atom is 0.284 e. The second-order valence-corrected chi connectivity index (χ2v) is 4.18. The molecule has 0 aliphatic carbocycles. The minimum absolute atomic E-state index is 0.0296. The van der Waals surface area contributed by atoms with Gasteiger partial charge in [-0.1, -0.05) is 25.1 Å². The smallest absolute Gasteiger partial charge is 0.284 e. The molecule has 1 aromatic rings. The third-order valence-corrected chi connectivity index (χ3v) is 2.76. The molecule has 1 aromatic carbocycles. The average molecular weight is 228 g/mol. The molecule has 0 unspecified atom stereocenters.